The number of fused-ring (bicyclic) bond motifs is 9. The van der Waals surface area contributed by atoms with Crippen LogP contribution in [0.1, 0.15) is 46.6 Å². The van der Waals surface area contributed by atoms with Gasteiger partial charge in [0, 0.05) is 54.8 Å². The molecule has 0 aliphatic heterocycles. The third kappa shape index (κ3) is 4.73. The number of para-hydroxylation sites is 5. The van der Waals surface area contributed by atoms with Crippen LogP contribution in [0.15, 0.2) is 212 Å². The van der Waals surface area contributed by atoms with E-state index in [-0.39, 0.29) is 0 Å². The number of hydrogen-bond acceptors (Lipinski definition) is 0. The van der Waals surface area contributed by atoms with Crippen molar-refractivity contribution in [2.24, 2.45) is 0 Å². The Balaban J connectivity index is 1.42. The average molecular weight is 760 g/mol. The number of nitrogens with zero attached hydrogens (tertiary/aromatic N) is 3. The Labute approximate surface area is 377 Å². The highest BCUT2D eigenvalue weighted by molar-refractivity contribution is 6.14. The van der Waals surface area contributed by atoms with Crippen molar-refractivity contribution in [3.63, 3.8) is 0 Å². The first kappa shape index (κ1) is 13.0. The molecular weight excluding hydrogens is 691 g/mol. The molecule has 0 fully saturated rings. The molecule has 9 aromatic carbocycles. The molecule has 0 aliphatic carbocycles. The number of benzene rings is 9. The summed E-state index contributed by atoms with van der Waals surface area (Å²) in [6.07, 6.45) is 0. The summed E-state index contributed by atoms with van der Waals surface area (Å²) in [4.78, 5) is 0. The van der Waals surface area contributed by atoms with E-state index in [2.05, 4.69) is 0 Å². The molecule has 266 valence electrons. The summed E-state index contributed by atoms with van der Waals surface area (Å²) in [6, 6.07) is -33.9. The Hall–Kier alpha value is -7.62. The van der Waals surface area contributed by atoms with Gasteiger partial charge in [0.05, 0.1) is 85.4 Å². The summed E-state index contributed by atoms with van der Waals surface area (Å²) in [5.41, 5.74) is -11.4. The molecular formula is C54H35N3. The molecule has 0 spiro atoms. The third-order valence-electron chi connectivity index (χ3n) is 9.42. The number of aromatic nitrogens is 3. The summed E-state index contributed by atoms with van der Waals surface area (Å²) >= 11 is 0. The standard InChI is InChI=1S/C54H35N3/c1-3-16-36(17-4-1)40-24-15-25-41(37-18-5-2-6-19-37)54(40)57-51-29-14-10-23-45(51)47-33-31-39(35-53(47)57)56-50-28-13-9-22-44(50)46-32-30-38(34-52(46)56)55-48-26-11-7-20-42(48)43-21-8-12-27-49(43)55/h1-35H/i1D,2D,3D,4D,5D,6D,7D,8D,9D,10D,11D,12D,13D,14D,15D,16D,17D,18D,19D,20D,21D,22D,23D,24D,25D,26D,28D,29D,30D,31D,32D,33D,34D,35D. The van der Waals surface area contributed by atoms with Gasteiger partial charge in [-0.05, 0) is 59.5 Å². The molecule has 3 nitrogen and oxygen atoms in total. The molecule has 0 atom stereocenters. The minimum atomic E-state index is -1.23. The van der Waals surface area contributed by atoms with Crippen molar-refractivity contribution in [3.05, 3.63) is 212 Å². The van der Waals surface area contributed by atoms with E-state index in [1.54, 1.807) is 0 Å². The maximum absolute atomic E-state index is 10.6. The van der Waals surface area contributed by atoms with E-state index >= 15 is 0 Å². The van der Waals surface area contributed by atoms with Crippen LogP contribution in [0.5, 0.6) is 0 Å². The third-order valence-corrected chi connectivity index (χ3v) is 9.42. The molecule has 0 radical (unpaired) electrons. The maximum atomic E-state index is 10.6. The Morgan fingerprint density at radius 1 is 0.281 bits per heavy atom. The normalized spacial score (nSPS) is 20.2. The molecule has 3 aromatic heterocycles. The van der Waals surface area contributed by atoms with Gasteiger partial charge >= 0.3 is 0 Å². The van der Waals surface area contributed by atoms with Gasteiger partial charge in [0.2, 0.25) is 0 Å². The van der Waals surface area contributed by atoms with Gasteiger partial charge < -0.3 is 13.7 Å². The molecule has 0 bridgehead atoms. The smallest absolute Gasteiger partial charge is 0.0667 e. The number of rotatable bonds is 5. The van der Waals surface area contributed by atoms with Crippen molar-refractivity contribution in [3.8, 4) is 39.3 Å². The summed E-state index contributed by atoms with van der Waals surface area (Å²) in [7, 11) is 0. The lowest BCUT2D eigenvalue weighted by atomic mass is 9.95. The molecule has 57 heavy (non-hydrogen) atoms. The highest BCUT2D eigenvalue weighted by Crippen LogP contribution is 2.43. The summed E-state index contributed by atoms with van der Waals surface area (Å²) in [6.45, 7) is 0. The lowest BCUT2D eigenvalue weighted by Gasteiger charge is -2.19. The Morgan fingerprint density at radius 2 is 0.667 bits per heavy atom. The quantitative estimate of drug-likeness (QED) is 0.166. The first-order valence-electron chi connectivity index (χ1n) is 33.8. The van der Waals surface area contributed by atoms with Crippen LogP contribution in [0, 0.1) is 0 Å². The largest absolute Gasteiger partial charge is 0.309 e. The van der Waals surface area contributed by atoms with Gasteiger partial charge in [0.25, 0.3) is 0 Å². The number of hydrogen-bond donors (Lipinski definition) is 0. The van der Waals surface area contributed by atoms with Gasteiger partial charge in [0.15, 0.2) is 0 Å². The van der Waals surface area contributed by atoms with Gasteiger partial charge in [0.1, 0.15) is 0 Å². The zero-order chi connectivity index (χ0) is 67.0. The fourth-order valence-electron chi connectivity index (χ4n) is 7.12. The highest BCUT2D eigenvalue weighted by Gasteiger charge is 2.22. The van der Waals surface area contributed by atoms with Crippen LogP contribution in [0.2, 0.25) is 0 Å². The van der Waals surface area contributed by atoms with E-state index in [1.807, 2.05) is 0 Å². The second-order valence-corrected chi connectivity index (χ2v) is 12.3. The van der Waals surface area contributed by atoms with Gasteiger partial charge in [-0.2, -0.15) is 0 Å². The first-order chi connectivity index (χ1) is 42.4. The molecule has 0 saturated carbocycles. The van der Waals surface area contributed by atoms with Crippen molar-refractivity contribution in [1.82, 2.24) is 13.7 Å². The minimum Gasteiger partial charge on any atom is -0.309 e. The first-order valence-corrected chi connectivity index (χ1v) is 16.8. The summed E-state index contributed by atoms with van der Waals surface area (Å²) < 4.78 is 315. The molecule has 0 saturated heterocycles. The predicted octanol–water partition coefficient (Wildman–Crippen LogP) is 14.3. The van der Waals surface area contributed by atoms with Crippen molar-refractivity contribution in [2.45, 2.75) is 0 Å². The van der Waals surface area contributed by atoms with Crippen LogP contribution in [-0.2, 0) is 0 Å². The lowest BCUT2D eigenvalue weighted by Crippen LogP contribution is -2.01. The SMILES string of the molecule is [2H]c1cc2c(c([2H])c1[2H])c1c([2H])c([2H])c([2H])c([2H])c1n2-c1c([2H])c([2H])c2c3c([2H])c([2H])c([2H])c([2H])c3n(-c3c([2H])c([2H])c4c5c([2H])c([2H])c([2H])c([2H])c5n(-c5c(-c6c([2H])c([2H])c([2H])c([2H])c6[2H])c([2H])c([2H])c([2H])c5-c5c([2H])c([2H])c([2H])c([2H])c5[2H])c4c3[2H])c2c1[2H]. The second kappa shape index (κ2) is 12.5. The fourth-order valence-corrected chi connectivity index (χ4v) is 7.12. The maximum Gasteiger partial charge on any atom is 0.0667 e. The zero-order valence-electron chi connectivity index (χ0n) is 62.4. The van der Waals surface area contributed by atoms with E-state index in [1.165, 1.54) is 0 Å². The van der Waals surface area contributed by atoms with Gasteiger partial charge in [-0.15, -0.1) is 0 Å². The molecule has 0 amide bonds. The lowest BCUT2D eigenvalue weighted by molar-refractivity contribution is 1.15. The second-order valence-electron chi connectivity index (χ2n) is 12.3. The van der Waals surface area contributed by atoms with Crippen LogP contribution in [0.4, 0.5) is 0 Å². The van der Waals surface area contributed by atoms with Crippen LogP contribution in [0.25, 0.3) is 105 Å². The van der Waals surface area contributed by atoms with E-state index in [0.717, 1.165) is 10.6 Å². The molecule has 3 heteroatoms. The average Bonchev–Trinajstić information content (AvgIpc) is 1.56. The molecule has 3 heterocycles. The van der Waals surface area contributed by atoms with Gasteiger partial charge in [-0.25, -0.2) is 0 Å². The Morgan fingerprint density at radius 3 is 1.19 bits per heavy atom. The fraction of sp³-hybridized carbons (Fsp3) is 0. The zero-order valence-corrected chi connectivity index (χ0v) is 28.4. The van der Waals surface area contributed by atoms with Gasteiger partial charge in [-0.3, -0.25) is 0 Å². The monoisotopic (exact) mass is 759 g/mol. The van der Waals surface area contributed by atoms with Crippen LogP contribution < -0.4 is 0 Å². The van der Waals surface area contributed by atoms with E-state index in [4.69, 9.17) is 21.9 Å². The molecule has 12 rings (SSSR count). The molecule has 12 aromatic rings. The Kier molecular flexibility index (Phi) is 2.84. The van der Waals surface area contributed by atoms with Crippen molar-refractivity contribution in [2.75, 3.05) is 0 Å². The Bertz CT molecular complexity index is 5370. The highest BCUT2D eigenvalue weighted by atomic mass is 15.0. The van der Waals surface area contributed by atoms with Crippen molar-refractivity contribution < 1.29 is 46.6 Å². The van der Waals surface area contributed by atoms with Crippen molar-refractivity contribution >= 4 is 65.4 Å². The predicted molar refractivity (Wildman–Crippen MR) is 240 cm³/mol. The van der Waals surface area contributed by atoms with Crippen LogP contribution in [0.3, 0.4) is 0 Å². The molecule has 0 unspecified atom stereocenters. The summed E-state index contributed by atoms with van der Waals surface area (Å²) in [5, 5.41) is -3.78. The van der Waals surface area contributed by atoms with Gasteiger partial charge in [-0.1, -0.05) is 163 Å². The molecule has 0 aliphatic rings. The van der Waals surface area contributed by atoms with Crippen molar-refractivity contribution in [1.29, 1.82) is 0 Å². The minimum absolute atomic E-state index is 0.391. The van der Waals surface area contributed by atoms with Crippen LogP contribution >= 0.6 is 0 Å². The van der Waals surface area contributed by atoms with E-state index in [0.29, 0.717) is 9.13 Å². The molecule has 0 N–H and O–H groups in total. The summed E-state index contributed by atoms with van der Waals surface area (Å²) in [5.74, 6) is 0. The topological polar surface area (TPSA) is 14.8 Å². The van der Waals surface area contributed by atoms with E-state index < -0.39 is 310 Å². The van der Waals surface area contributed by atoms with E-state index in [9.17, 15) is 24.7 Å². The van der Waals surface area contributed by atoms with Crippen LogP contribution in [-0.4, -0.2) is 13.7 Å².